The fourth-order valence-electron chi connectivity index (χ4n) is 4.82. The van der Waals surface area contributed by atoms with Crippen LogP contribution in [-0.4, -0.2) is 60.6 Å². The summed E-state index contributed by atoms with van der Waals surface area (Å²) < 4.78 is 51.4. The third kappa shape index (κ3) is 2.02. The lowest BCUT2D eigenvalue weighted by Crippen LogP contribution is -2.69. The van der Waals surface area contributed by atoms with Gasteiger partial charge >= 0.3 is 0 Å². The van der Waals surface area contributed by atoms with E-state index in [1.165, 1.54) is 4.31 Å². The summed E-state index contributed by atoms with van der Waals surface area (Å²) in [6, 6.07) is 9.41. The molecule has 1 spiro atoms. The first-order chi connectivity index (χ1) is 12.2. The third-order valence-electron chi connectivity index (χ3n) is 5.77. The van der Waals surface area contributed by atoms with Crippen LogP contribution in [0.2, 0.25) is 0 Å². The minimum atomic E-state index is -3.67. The van der Waals surface area contributed by atoms with Gasteiger partial charge in [0.2, 0.25) is 10.0 Å². The molecule has 0 amide bonds. The third-order valence-corrected chi connectivity index (χ3v) is 7.66. The van der Waals surface area contributed by atoms with E-state index in [4.69, 9.17) is 24.7 Å². The molecular formula is C17H22N2O6S. The second-order valence-corrected chi connectivity index (χ2v) is 9.72. The smallest absolute Gasteiger partial charge is 0.219 e. The van der Waals surface area contributed by atoms with Crippen molar-refractivity contribution in [2.75, 3.05) is 12.4 Å². The zero-order chi connectivity index (χ0) is 18.4. The zero-order valence-electron chi connectivity index (χ0n) is 14.6. The minimum absolute atomic E-state index is 0.179. The van der Waals surface area contributed by atoms with Crippen molar-refractivity contribution < 1.29 is 27.4 Å². The van der Waals surface area contributed by atoms with Gasteiger partial charge in [0.05, 0.1) is 6.61 Å². The van der Waals surface area contributed by atoms with Crippen LogP contribution < -0.4 is 5.73 Å². The Labute approximate surface area is 152 Å². The molecule has 0 aromatic heterocycles. The van der Waals surface area contributed by atoms with E-state index in [0.717, 1.165) is 5.56 Å². The summed E-state index contributed by atoms with van der Waals surface area (Å²) in [7, 11) is -3.67. The monoisotopic (exact) mass is 382 g/mol. The van der Waals surface area contributed by atoms with Crippen molar-refractivity contribution in [2.45, 2.75) is 55.9 Å². The Kier molecular flexibility index (Phi) is 3.31. The lowest BCUT2D eigenvalue weighted by Gasteiger charge is -2.42. The lowest BCUT2D eigenvalue weighted by atomic mass is 9.81. The Hall–Kier alpha value is -1.07. The Morgan fingerprint density at radius 2 is 1.96 bits per heavy atom. The maximum atomic E-state index is 13.1. The van der Waals surface area contributed by atoms with Gasteiger partial charge in [-0.1, -0.05) is 30.3 Å². The van der Waals surface area contributed by atoms with Crippen molar-refractivity contribution in [1.82, 2.24) is 4.31 Å². The van der Waals surface area contributed by atoms with Crippen LogP contribution in [0, 0.1) is 0 Å². The van der Waals surface area contributed by atoms with Crippen LogP contribution in [0.25, 0.3) is 0 Å². The number of hydrogen-bond donors (Lipinski definition) is 1. The molecule has 5 rings (SSSR count). The van der Waals surface area contributed by atoms with Gasteiger partial charge < -0.3 is 24.7 Å². The lowest BCUT2D eigenvalue weighted by molar-refractivity contribution is -0.214. The van der Waals surface area contributed by atoms with E-state index in [2.05, 4.69) is 0 Å². The number of hydrogen-bond acceptors (Lipinski definition) is 7. The summed E-state index contributed by atoms with van der Waals surface area (Å²) in [6.07, 6.45) is -1.87. The van der Waals surface area contributed by atoms with Crippen molar-refractivity contribution >= 4 is 10.0 Å². The van der Waals surface area contributed by atoms with E-state index in [1.54, 1.807) is 13.8 Å². The molecule has 0 bridgehead atoms. The van der Waals surface area contributed by atoms with E-state index in [9.17, 15) is 8.42 Å². The molecule has 4 fully saturated rings. The van der Waals surface area contributed by atoms with Gasteiger partial charge in [0.1, 0.15) is 23.5 Å². The largest absolute Gasteiger partial charge is 0.355 e. The normalized spacial score (nSPS) is 45.4. The first-order valence-electron chi connectivity index (χ1n) is 8.66. The standard InChI is InChI=1S/C17H22N2O6S/c1-15(2)24-13-14(25-15)23-12-9-22-16(18)10-26(20,21)19(17(12,13)16)8-11-6-4-3-5-7-11/h3-7,12-14H,8-10,18H2,1-2H3/t12-,13+,14-,16+,17-/m1/s1. The van der Waals surface area contributed by atoms with Gasteiger partial charge in [-0.2, -0.15) is 4.31 Å². The average Bonchev–Trinajstić information content (AvgIpc) is 3.14. The molecule has 0 aliphatic carbocycles. The molecule has 2 N–H and O–H groups in total. The molecule has 0 radical (unpaired) electrons. The van der Waals surface area contributed by atoms with Crippen molar-refractivity contribution in [3.63, 3.8) is 0 Å². The number of sulfonamides is 1. The second-order valence-electron chi connectivity index (χ2n) is 7.82. The van der Waals surface area contributed by atoms with Crippen LogP contribution in [0.3, 0.4) is 0 Å². The van der Waals surface area contributed by atoms with Crippen molar-refractivity contribution in [2.24, 2.45) is 5.73 Å². The minimum Gasteiger partial charge on any atom is -0.355 e. The molecule has 1 aromatic carbocycles. The molecule has 26 heavy (non-hydrogen) atoms. The number of nitrogens with two attached hydrogens (primary N) is 1. The van der Waals surface area contributed by atoms with Gasteiger partial charge in [-0.05, 0) is 19.4 Å². The fourth-order valence-corrected chi connectivity index (χ4v) is 7.02. The van der Waals surface area contributed by atoms with Gasteiger partial charge in [-0.25, -0.2) is 8.42 Å². The summed E-state index contributed by atoms with van der Waals surface area (Å²) in [5.41, 5.74) is 4.85. The van der Waals surface area contributed by atoms with E-state index in [0.29, 0.717) is 0 Å². The van der Waals surface area contributed by atoms with E-state index in [1.807, 2.05) is 30.3 Å². The summed E-state index contributed by atoms with van der Waals surface area (Å²) in [5.74, 6) is -1.19. The van der Waals surface area contributed by atoms with Crippen LogP contribution in [-0.2, 0) is 35.5 Å². The summed E-state index contributed by atoms with van der Waals surface area (Å²) in [6.45, 7) is 3.94. The molecular weight excluding hydrogens is 360 g/mol. The predicted octanol–water partition coefficient (Wildman–Crippen LogP) is 0.132. The van der Waals surface area contributed by atoms with E-state index >= 15 is 0 Å². The molecule has 0 saturated carbocycles. The molecule has 4 saturated heterocycles. The Balaban J connectivity index is 1.65. The summed E-state index contributed by atoms with van der Waals surface area (Å²) >= 11 is 0. The number of rotatable bonds is 2. The summed E-state index contributed by atoms with van der Waals surface area (Å²) in [4.78, 5) is 0. The molecule has 9 heteroatoms. The van der Waals surface area contributed by atoms with Crippen LogP contribution in [0.5, 0.6) is 0 Å². The highest BCUT2D eigenvalue weighted by Crippen LogP contribution is 2.58. The quantitative estimate of drug-likeness (QED) is 0.776. The van der Waals surface area contributed by atoms with Crippen LogP contribution in [0.15, 0.2) is 30.3 Å². The van der Waals surface area contributed by atoms with Gasteiger partial charge in [0, 0.05) is 6.54 Å². The Morgan fingerprint density at radius 3 is 2.69 bits per heavy atom. The molecule has 4 aliphatic heterocycles. The van der Waals surface area contributed by atoms with Crippen molar-refractivity contribution in [3.05, 3.63) is 35.9 Å². The molecule has 4 aliphatic rings. The Morgan fingerprint density at radius 1 is 1.23 bits per heavy atom. The highest BCUT2D eigenvalue weighted by Gasteiger charge is 2.82. The van der Waals surface area contributed by atoms with Gasteiger partial charge in [-0.3, -0.25) is 0 Å². The number of benzene rings is 1. The molecule has 142 valence electrons. The van der Waals surface area contributed by atoms with Gasteiger partial charge in [-0.15, -0.1) is 0 Å². The number of nitrogens with zero attached hydrogens (tertiary/aromatic N) is 1. The zero-order valence-corrected chi connectivity index (χ0v) is 15.4. The first-order valence-corrected chi connectivity index (χ1v) is 10.3. The molecule has 4 heterocycles. The van der Waals surface area contributed by atoms with Crippen LogP contribution >= 0.6 is 0 Å². The second kappa shape index (κ2) is 5.05. The Bertz CT molecular complexity index is 846. The maximum absolute atomic E-state index is 13.1. The highest BCUT2D eigenvalue weighted by atomic mass is 32.2. The van der Waals surface area contributed by atoms with E-state index < -0.39 is 45.6 Å². The number of ether oxygens (including phenoxy) is 4. The highest BCUT2D eigenvalue weighted by molar-refractivity contribution is 7.89. The van der Waals surface area contributed by atoms with Crippen LogP contribution in [0.4, 0.5) is 0 Å². The SMILES string of the molecule is CC1(C)O[C@H]2O[C@@H]3CO[C@@]4(N)CS(=O)(=O)N(Cc5ccccc5)[C@@]34[C@H]2O1. The fraction of sp³-hybridized carbons (Fsp3) is 0.647. The first kappa shape index (κ1) is 17.1. The molecule has 8 nitrogen and oxygen atoms in total. The molecule has 5 atom stereocenters. The summed E-state index contributed by atoms with van der Waals surface area (Å²) in [5, 5.41) is 0. The predicted molar refractivity (Wildman–Crippen MR) is 90.1 cm³/mol. The van der Waals surface area contributed by atoms with Crippen LogP contribution in [0.1, 0.15) is 19.4 Å². The van der Waals surface area contributed by atoms with Crippen molar-refractivity contribution in [1.29, 1.82) is 0 Å². The van der Waals surface area contributed by atoms with Gasteiger partial charge in [0.15, 0.2) is 17.8 Å². The topological polar surface area (TPSA) is 100 Å². The maximum Gasteiger partial charge on any atom is 0.219 e. The van der Waals surface area contributed by atoms with Gasteiger partial charge in [0.25, 0.3) is 0 Å². The average molecular weight is 382 g/mol. The molecule has 1 aromatic rings. The van der Waals surface area contributed by atoms with Crippen molar-refractivity contribution in [3.8, 4) is 0 Å². The molecule has 0 unspecified atom stereocenters. The van der Waals surface area contributed by atoms with E-state index in [-0.39, 0.29) is 18.9 Å². The number of fused-ring (bicyclic) bond motifs is 1.